The molecule has 96 valence electrons. The first-order chi connectivity index (χ1) is 8.71. The average molecular weight is 266 g/mol. The lowest BCUT2D eigenvalue weighted by molar-refractivity contribution is 0.348. The lowest BCUT2D eigenvalue weighted by atomic mass is 10.1. The van der Waals surface area contributed by atoms with Crippen LogP contribution in [0.1, 0.15) is 0 Å². The first-order valence-corrected chi connectivity index (χ1v) is 6.45. The van der Waals surface area contributed by atoms with E-state index in [0.717, 1.165) is 10.5 Å². The van der Waals surface area contributed by atoms with Crippen molar-refractivity contribution < 1.29 is 14.0 Å². The van der Waals surface area contributed by atoms with Gasteiger partial charge in [0.05, 0.1) is 19.1 Å². The molecule has 0 aliphatic carbocycles. The minimum Gasteiger partial charge on any atom is -0.493 e. The van der Waals surface area contributed by atoms with Crippen LogP contribution >= 0.6 is 11.8 Å². The quantitative estimate of drug-likeness (QED) is 0.858. The summed E-state index contributed by atoms with van der Waals surface area (Å²) in [4.78, 5) is 0.935. The second-order valence-electron chi connectivity index (χ2n) is 3.50. The third-order valence-electron chi connectivity index (χ3n) is 2.51. The highest BCUT2D eigenvalue weighted by molar-refractivity contribution is 7.98. The van der Waals surface area contributed by atoms with Gasteiger partial charge in [0.15, 0.2) is 11.5 Å². The Hall–Kier alpha value is -1.82. The van der Waals surface area contributed by atoms with E-state index in [2.05, 4.69) is 5.16 Å². The van der Waals surface area contributed by atoms with Gasteiger partial charge in [-0.1, -0.05) is 5.16 Å². The van der Waals surface area contributed by atoms with E-state index in [-0.39, 0.29) is 5.88 Å². The lowest BCUT2D eigenvalue weighted by Crippen LogP contribution is -1.94. The summed E-state index contributed by atoms with van der Waals surface area (Å²) in [5, 5.41) is 3.92. The normalized spacial score (nSPS) is 10.4. The zero-order valence-electron chi connectivity index (χ0n) is 10.4. The fraction of sp³-hybridized carbons (Fsp3) is 0.250. The molecule has 0 fully saturated rings. The van der Waals surface area contributed by atoms with Gasteiger partial charge in [0, 0.05) is 11.6 Å². The Kier molecular flexibility index (Phi) is 3.66. The molecule has 2 N–H and O–H groups in total. The molecule has 0 radical (unpaired) electrons. The monoisotopic (exact) mass is 266 g/mol. The molecule has 0 amide bonds. The lowest BCUT2D eigenvalue weighted by Gasteiger charge is -2.13. The summed E-state index contributed by atoms with van der Waals surface area (Å²) in [6.45, 7) is 0. The molecule has 1 heterocycles. The molecule has 1 aromatic heterocycles. The van der Waals surface area contributed by atoms with Gasteiger partial charge in [-0.05, 0) is 18.4 Å². The largest absolute Gasteiger partial charge is 0.493 e. The van der Waals surface area contributed by atoms with Gasteiger partial charge in [-0.2, -0.15) is 0 Å². The Labute approximate surface area is 109 Å². The number of anilines is 1. The smallest absolute Gasteiger partial charge is 0.222 e. The number of nitrogens with two attached hydrogens (primary N) is 1. The molecule has 5 nitrogen and oxygen atoms in total. The van der Waals surface area contributed by atoms with Gasteiger partial charge >= 0.3 is 0 Å². The third kappa shape index (κ3) is 2.11. The predicted octanol–water partition coefficient (Wildman–Crippen LogP) is 2.66. The Bertz CT molecular complexity index is 554. The molecule has 18 heavy (non-hydrogen) atoms. The van der Waals surface area contributed by atoms with E-state index >= 15 is 0 Å². The molecule has 1 aromatic carbocycles. The van der Waals surface area contributed by atoms with Crippen LogP contribution in [0, 0.1) is 0 Å². The van der Waals surface area contributed by atoms with Gasteiger partial charge < -0.3 is 19.7 Å². The number of nitrogens with zero attached hydrogens (tertiary/aromatic N) is 1. The van der Waals surface area contributed by atoms with E-state index in [1.54, 1.807) is 32.0 Å². The molecule has 0 bridgehead atoms. The fourth-order valence-corrected chi connectivity index (χ4v) is 2.48. The van der Waals surface area contributed by atoms with Gasteiger partial charge in [-0.15, -0.1) is 11.8 Å². The maximum absolute atomic E-state index is 5.54. The molecule has 0 spiro atoms. The molecule has 0 saturated carbocycles. The van der Waals surface area contributed by atoms with Crippen LogP contribution in [0.3, 0.4) is 0 Å². The molecule has 0 unspecified atom stereocenters. The van der Waals surface area contributed by atoms with Crippen molar-refractivity contribution in [1.82, 2.24) is 5.16 Å². The zero-order valence-corrected chi connectivity index (χ0v) is 11.2. The second-order valence-corrected chi connectivity index (χ2v) is 4.31. The Morgan fingerprint density at radius 1 is 1.28 bits per heavy atom. The number of nitrogen functional groups attached to an aromatic ring is 1. The van der Waals surface area contributed by atoms with E-state index in [0.29, 0.717) is 17.2 Å². The summed E-state index contributed by atoms with van der Waals surface area (Å²) in [5.41, 5.74) is 7.12. The number of hydrogen-bond acceptors (Lipinski definition) is 6. The van der Waals surface area contributed by atoms with E-state index in [9.17, 15) is 0 Å². The summed E-state index contributed by atoms with van der Waals surface area (Å²) < 4.78 is 15.6. The van der Waals surface area contributed by atoms with Crippen molar-refractivity contribution in [2.45, 2.75) is 4.90 Å². The molecule has 0 saturated heterocycles. The van der Waals surface area contributed by atoms with Crippen molar-refractivity contribution in [3.63, 3.8) is 0 Å². The molecular weight excluding hydrogens is 252 g/mol. The second kappa shape index (κ2) is 5.22. The minimum absolute atomic E-state index is 0.284. The SMILES string of the molecule is COc1ccc(-c2cc(N)on2)c(SC)c1OC. The van der Waals surface area contributed by atoms with E-state index in [1.807, 2.05) is 18.4 Å². The number of methoxy groups -OCH3 is 2. The molecule has 0 aliphatic rings. The molecule has 0 aliphatic heterocycles. The molecule has 2 rings (SSSR count). The fourth-order valence-electron chi connectivity index (χ4n) is 1.72. The average Bonchev–Trinajstić information content (AvgIpc) is 2.83. The highest BCUT2D eigenvalue weighted by Crippen LogP contribution is 2.43. The summed E-state index contributed by atoms with van der Waals surface area (Å²) >= 11 is 1.55. The standard InChI is InChI=1S/C12H14N2O3S/c1-15-9-5-4-7(8-6-10(13)17-14-8)12(18-3)11(9)16-2/h4-6H,13H2,1-3H3. The maximum atomic E-state index is 5.54. The van der Waals surface area contributed by atoms with Crippen molar-refractivity contribution >= 4 is 17.6 Å². The number of thioether (sulfide) groups is 1. The van der Waals surface area contributed by atoms with Gasteiger partial charge in [-0.3, -0.25) is 0 Å². The highest BCUT2D eigenvalue weighted by Gasteiger charge is 2.17. The maximum Gasteiger partial charge on any atom is 0.222 e. The van der Waals surface area contributed by atoms with Crippen LogP contribution in [0.2, 0.25) is 0 Å². The number of rotatable bonds is 4. The summed E-state index contributed by atoms with van der Waals surface area (Å²) in [7, 11) is 3.22. The van der Waals surface area contributed by atoms with Crippen LogP contribution in [-0.4, -0.2) is 25.6 Å². The van der Waals surface area contributed by atoms with Gasteiger partial charge in [0.2, 0.25) is 5.88 Å². The van der Waals surface area contributed by atoms with Crippen molar-refractivity contribution in [1.29, 1.82) is 0 Å². The zero-order chi connectivity index (χ0) is 13.1. The van der Waals surface area contributed by atoms with Crippen LogP contribution in [0.25, 0.3) is 11.3 Å². The van der Waals surface area contributed by atoms with Crippen molar-refractivity contribution in [3.05, 3.63) is 18.2 Å². The van der Waals surface area contributed by atoms with Crippen LogP contribution < -0.4 is 15.2 Å². The predicted molar refractivity (Wildman–Crippen MR) is 71.2 cm³/mol. The molecular formula is C12H14N2O3S. The van der Waals surface area contributed by atoms with Crippen LogP contribution in [0.5, 0.6) is 11.5 Å². The Balaban J connectivity index is 2.61. The number of ether oxygens (including phenoxy) is 2. The van der Waals surface area contributed by atoms with Crippen LogP contribution in [0.4, 0.5) is 5.88 Å². The first-order valence-electron chi connectivity index (χ1n) is 5.22. The molecule has 6 heteroatoms. The van der Waals surface area contributed by atoms with Gasteiger partial charge in [0.25, 0.3) is 0 Å². The van der Waals surface area contributed by atoms with E-state index < -0.39 is 0 Å². The van der Waals surface area contributed by atoms with E-state index in [4.69, 9.17) is 19.7 Å². The molecule has 0 atom stereocenters. The number of hydrogen-bond donors (Lipinski definition) is 1. The summed E-state index contributed by atoms with van der Waals surface area (Å²) in [6.07, 6.45) is 1.96. The topological polar surface area (TPSA) is 70.5 Å². The van der Waals surface area contributed by atoms with Crippen molar-refractivity contribution in [2.75, 3.05) is 26.2 Å². The first kappa shape index (κ1) is 12.6. The summed E-state index contributed by atoms with van der Waals surface area (Å²) in [6, 6.07) is 5.42. The van der Waals surface area contributed by atoms with Crippen LogP contribution in [0.15, 0.2) is 27.6 Å². The number of benzene rings is 1. The Morgan fingerprint density at radius 3 is 2.56 bits per heavy atom. The highest BCUT2D eigenvalue weighted by atomic mass is 32.2. The van der Waals surface area contributed by atoms with E-state index in [1.165, 1.54) is 0 Å². The number of aromatic nitrogens is 1. The van der Waals surface area contributed by atoms with Gasteiger partial charge in [0.1, 0.15) is 5.69 Å². The minimum atomic E-state index is 0.284. The molecule has 2 aromatic rings. The Morgan fingerprint density at radius 2 is 2.06 bits per heavy atom. The summed E-state index contributed by atoms with van der Waals surface area (Å²) in [5.74, 6) is 1.65. The van der Waals surface area contributed by atoms with Crippen molar-refractivity contribution in [2.24, 2.45) is 0 Å². The third-order valence-corrected chi connectivity index (χ3v) is 3.32. The van der Waals surface area contributed by atoms with Crippen LogP contribution in [-0.2, 0) is 0 Å². The van der Waals surface area contributed by atoms with Gasteiger partial charge in [-0.25, -0.2) is 0 Å². The van der Waals surface area contributed by atoms with Crippen molar-refractivity contribution in [3.8, 4) is 22.8 Å².